The standard InChI is InChI=1S/C21H13Cl2NO2S/c22-13-4-7-15(8-5-13)27-16-3-1-2-12(10-16)19-20(25)17-9-6-14(23)11-18(17)24-21(19)26/h1-11,17,25H. The zero-order chi connectivity index (χ0) is 19.0. The molecule has 1 amide bonds. The van der Waals surface area contributed by atoms with E-state index < -0.39 is 11.8 Å². The molecule has 0 bridgehead atoms. The minimum atomic E-state index is -0.469. The molecule has 3 nitrogen and oxygen atoms in total. The Labute approximate surface area is 170 Å². The smallest absolute Gasteiger partial charge is 0.281 e. The first-order valence-corrected chi connectivity index (χ1v) is 9.74. The Hall–Kier alpha value is -2.27. The number of aliphatic imine (C=N–C) groups is 1. The first-order valence-electron chi connectivity index (χ1n) is 8.16. The van der Waals surface area contributed by atoms with Gasteiger partial charge in [0.1, 0.15) is 5.76 Å². The highest BCUT2D eigenvalue weighted by Gasteiger charge is 2.31. The van der Waals surface area contributed by atoms with Crippen molar-refractivity contribution >= 4 is 52.2 Å². The highest BCUT2D eigenvalue weighted by Crippen LogP contribution is 2.35. The van der Waals surface area contributed by atoms with Crippen molar-refractivity contribution in [2.45, 2.75) is 9.79 Å². The number of allylic oxidation sites excluding steroid dienone is 4. The average molecular weight is 414 g/mol. The maximum atomic E-state index is 12.6. The Morgan fingerprint density at radius 3 is 2.59 bits per heavy atom. The second-order valence-electron chi connectivity index (χ2n) is 6.05. The Bertz CT molecular complexity index is 1050. The third-order valence-electron chi connectivity index (χ3n) is 4.22. The van der Waals surface area contributed by atoms with Gasteiger partial charge < -0.3 is 5.11 Å². The van der Waals surface area contributed by atoms with Crippen molar-refractivity contribution in [3.05, 3.63) is 88.1 Å². The summed E-state index contributed by atoms with van der Waals surface area (Å²) in [6.07, 6.45) is 5.04. The predicted molar refractivity (Wildman–Crippen MR) is 111 cm³/mol. The van der Waals surface area contributed by atoms with Crippen LogP contribution in [0.5, 0.6) is 0 Å². The van der Waals surface area contributed by atoms with Crippen LogP contribution in [-0.2, 0) is 4.79 Å². The summed E-state index contributed by atoms with van der Waals surface area (Å²) in [6, 6.07) is 15.0. The third kappa shape index (κ3) is 3.74. The van der Waals surface area contributed by atoms with Gasteiger partial charge in [-0.3, -0.25) is 4.79 Å². The van der Waals surface area contributed by atoms with E-state index in [4.69, 9.17) is 23.2 Å². The number of dihydropyridines is 1. The zero-order valence-corrected chi connectivity index (χ0v) is 16.2. The van der Waals surface area contributed by atoms with Crippen LogP contribution in [0.15, 0.2) is 92.3 Å². The molecule has 27 heavy (non-hydrogen) atoms. The molecule has 0 radical (unpaired) electrons. The molecule has 1 heterocycles. The van der Waals surface area contributed by atoms with E-state index in [1.807, 2.05) is 42.5 Å². The number of hydrogen-bond acceptors (Lipinski definition) is 3. The van der Waals surface area contributed by atoms with Gasteiger partial charge in [0, 0.05) is 19.8 Å². The maximum absolute atomic E-state index is 12.6. The van der Waals surface area contributed by atoms with Crippen molar-refractivity contribution < 1.29 is 9.90 Å². The zero-order valence-electron chi connectivity index (χ0n) is 13.9. The predicted octanol–water partition coefficient (Wildman–Crippen LogP) is 6.05. The van der Waals surface area contributed by atoms with Crippen molar-refractivity contribution in [1.29, 1.82) is 0 Å². The van der Waals surface area contributed by atoms with E-state index in [2.05, 4.69) is 4.99 Å². The summed E-state index contributed by atoms with van der Waals surface area (Å²) < 4.78 is 0. The number of amides is 1. The van der Waals surface area contributed by atoms with Gasteiger partial charge in [0.25, 0.3) is 5.91 Å². The number of hydrogen-bond donors (Lipinski definition) is 1. The molecule has 0 fully saturated rings. The fourth-order valence-corrected chi connectivity index (χ4v) is 4.15. The normalized spacial score (nSPS) is 18.9. The molecule has 6 heteroatoms. The Morgan fingerprint density at radius 2 is 1.81 bits per heavy atom. The molecule has 1 aliphatic heterocycles. The van der Waals surface area contributed by atoms with E-state index in [1.54, 1.807) is 36.1 Å². The van der Waals surface area contributed by atoms with Crippen LogP contribution < -0.4 is 0 Å². The number of benzene rings is 2. The van der Waals surface area contributed by atoms with Crippen molar-refractivity contribution in [2.75, 3.05) is 0 Å². The first-order chi connectivity index (χ1) is 13.0. The van der Waals surface area contributed by atoms with E-state index in [1.165, 1.54) is 0 Å². The first kappa shape index (κ1) is 18.1. The van der Waals surface area contributed by atoms with Crippen molar-refractivity contribution in [2.24, 2.45) is 10.9 Å². The second-order valence-corrected chi connectivity index (χ2v) is 8.07. The molecule has 1 unspecified atom stereocenters. The van der Waals surface area contributed by atoms with E-state index in [-0.39, 0.29) is 11.3 Å². The van der Waals surface area contributed by atoms with Crippen LogP contribution in [0, 0.1) is 5.92 Å². The lowest BCUT2D eigenvalue weighted by molar-refractivity contribution is -0.112. The Morgan fingerprint density at radius 1 is 1.04 bits per heavy atom. The SMILES string of the molecule is O=C1N=C2C=C(Cl)C=CC2C(O)=C1c1cccc(Sc2ccc(Cl)cc2)c1. The van der Waals surface area contributed by atoms with Gasteiger partial charge in [0.2, 0.25) is 0 Å². The van der Waals surface area contributed by atoms with E-state index in [0.29, 0.717) is 21.3 Å². The highest BCUT2D eigenvalue weighted by molar-refractivity contribution is 7.99. The number of carbonyl (C=O) groups is 1. The summed E-state index contributed by atoms with van der Waals surface area (Å²) in [5.74, 6) is -0.925. The van der Waals surface area contributed by atoms with E-state index >= 15 is 0 Å². The summed E-state index contributed by atoms with van der Waals surface area (Å²) in [7, 11) is 0. The summed E-state index contributed by atoms with van der Waals surface area (Å²) in [5.41, 5.74) is 1.31. The summed E-state index contributed by atoms with van der Waals surface area (Å²) in [4.78, 5) is 18.6. The Balaban J connectivity index is 1.67. The number of rotatable bonds is 3. The molecule has 2 aromatic carbocycles. The fraction of sp³-hybridized carbons (Fsp3) is 0.0476. The van der Waals surface area contributed by atoms with Crippen LogP contribution in [0.1, 0.15) is 5.56 Å². The van der Waals surface area contributed by atoms with E-state index in [9.17, 15) is 9.90 Å². The molecule has 4 rings (SSSR count). The van der Waals surface area contributed by atoms with Gasteiger partial charge in [-0.2, -0.15) is 0 Å². The number of aliphatic hydroxyl groups is 1. The lowest BCUT2D eigenvalue weighted by Gasteiger charge is -2.23. The Kier molecular flexibility index (Phi) is 4.96. The number of halogens is 2. The van der Waals surface area contributed by atoms with Gasteiger partial charge in [0.05, 0.1) is 17.2 Å². The number of aliphatic hydroxyl groups excluding tert-OH is 1. The number of fused-ring (bicyclic) bond motifs is 1. The minimum Gasteiger partial charge on any atom is -0.510 e. The summed E-state index contributed by atoms with van der Waals surface area (Å²) in [5, 5.41) is 11.9. The average Bonchev–Trinajstić information content (AvgIpc) is 2.64. The van der Waals surface area contributed by atoms with E-state index in [0.717, 1.165) is 9.79 Å². The molecule has 134 valence electrons. The van der Waals surface area contributed by atoms with Gasteiger partial charge in [0.15, 0.2) is 0 Å². The monoisotopic (exact) mass is 413 g/mol. The van der Waals surface area contributed by atoms with Crippen LogP contribution in [-0.4, -0.2) is 16.7 Å². The molecule has 0 spiro atoms. The third-order valence-corrected chi connectivity index (χ3v) is 5.70. The van der Waals surface area contributed by atoms with Crippen LogP contribution >= 0.6 is 35.0 Å². The van der Waals surface area contributed by atoms with Gasteiger partial charge in [-0.25, -0.2) is 4.99 Å². The lowest BCUT2D eigenvalue weighted by Crippen LogP contribution is -2.24. The minimum absolute atomic E-state index is 0.00434. The summed E-state index contributed by atoms with van der Waals surface area (Å²) >= 11 is 13.4. The number of carbonyl (C=O) groups excluding carboxylic acids is 1. The molecule has 1 aliphatic carbocycles. The largest absolute Gasteiger partial charge is 0.510 e. The molecule has 0 saturated carbocycles. The van der Waals surface area contributed by atoms with Crippen LogP contribution in [0.25, 0.3) is 5.57 Å². The molecular formula is C21H13Cl2NO2S. The molecule has 0 saturated heterocycles. The molecule has 2 aromatic rings. The topological polar surface area (TPSA) is 49.7 Å². The lowest BCUT2D eigenvalue weighted by atomic mass is 9.88. The molecular weight excluding hydrogens is 401 g/mol. The van der Waals surface area contributed by atoms with Gasteiger partial charge in [-0.1, -0.05) is 53.2 Å². The van der Waals surface area contributed by atoms with Crippen LogP contribution in [0.4, 0.5) is 0 Å². The van der Waals surface area contributed by atoms with Crippen molar-refractivity contribution in [3.63, 3.8) is 0 Å². The number of nitrogens with zero attached hydrogens (tertiary/aromatic N) is 1. The second kappa shape index (κ2) is 7.39. The molecule has 1 atom stereocenters. The summed E-state index contributed by atoms with van der Waals surface area (Å²) in [6.45, 7) is 0. The molecule has 1 N–H and O–H groups in total. The van der Waals surface area contributed by atoms with Gasteiger partial charge >= 0.3 is 0 Å². The van der Waals surface area contributed by atoms with Gasteiger partial charge in [-0.05, 0) is 54.1 Å². The van der Waals surface area contributed by atoms with Crippen molar-refractivity contribution in [3.8, 4) is 0 Å². The van der Waals surface area contributed by atoms with Crippen LogP contribution in [0.2, 0.25) is 5.02 Å². The quantitative estimate of drug-likeness (QED) is 0.665. The van der Waals surface area contributed by atoms with Gasteiger partial charge in [-0.15, -0.1) is 0 Å². The molecule has 2 aliphatic rings. The molecule has 0 aromatic heterocycles. The van der Waals surface area contributed by atoms with Crippen molar-refractivity contribution in [1.82, 2.24) is 0 Å². The highest BCUT2D eigenvalue weighted by atomic mass is 35.5. The fourth-order valence-electron chi connectivity index (χ4n) is 2.96. The maximum Gasteiger partial charge on any atom is 0.281 e. The van der Waals surface area contributed by atoms with Crippen LogP contribution in [0.3, 0.4) is 0 Å².